The van der Waals surface area contributed by atoms with Crippen LogP contribution in [0, 0.1) is 0 Å². The Bertz CT molecular complexity index is 648. The third-order valence-electron chi connectivity index (χ3n) is 3.14. The Morgan fingerprint density at radius 3 is 2.59 bits per heavy atom. The SMILES string of the molecule is C=CCOc1ccc(C(=O)Nc2ccccc2C(C)O)cc1. The van der Waals surface area contributed by atoms with Gasteiger partial charge in [0.1, 0.15) is 12.4 Å². The van der Waals surface area contributed by atoms with E-state index in [2.05, 4.69) is 11.9 Å². The van der Waals surface area contributed by atoms with E-state index in [0.717, 1.165) is 0 Å². The fourth-order valence-electron chi connectivity index (χ4n) is 2.03. The molecule has 1 amide bonds. The molecule has 1 unspecified atom stereocenters. The molecule has 0 saturated carbocycles. The van der Waals surface area contributed by atoms with Gasteiger partial charge in [0.05, 0.1) is 6.10 Å². The summed E-state index contributed by atoms with van der Waals surface area (Å²) in [6, 6.07) is 14.0. The Hall–Kier alpha value is -2.59. The minimum atomic E-state index is -0.647. The molecule has 1 atom stereocenters. The number of aliphatic hydroxyl groups is 1. The number of ether oxygens (including phenoxy) is 1. The predicted molar refractivity (Wildman–Crippen MR) is 87.2 cm³/mol. The quantitative estimate of drug-likeness (QED) is 0.802. The zero-order valence-corrected chi connectivity index (χ0v) is 12.5. The molecule has 2 N–H and O–H groups in total. The Morgan fingerprint density at radius 2 is 1.95 bits per heavy atom. The maximum Gasteiger partial charge on any atom is 0.255 e. The fourth-order valence-corrected chi connectivity index (χ4v) is 2.03. The van der Waals surface area contributed by atoms with E-state index in [0.29, 0.717) is 29.2 Å². The van der Waals surface area contributed by atoms with Crippen LogP contribution >= 0.6 is 0 Å². The van der Waals surface area contributed by atoms with E-state index < -0.39 is 6.10 Å². The number of para-hydroxylation sites is 1. The summed E-state index contributed by atoms with van der Waals surface area (Å²) in [7, 11) is 0. The van der Waals surface area contributed by atoms with Crippen molar-refractivity contribution in [2.75, 3.05) is 11.9 Å². The second-order valence-electron chi connectivity index (χ2n) is 4.84. The zero-order chi connectivity index (χ0) is 15.9. The van der Waals surface area contributed by atoms with Crippen LogP contribution in [0.2, 0.25) is 0 Å². The summed E-state index contributed by atoms with van der Waals surface area (Å²) >= 11 is 0. The van der Waals surface area contributed by atoms with Gasteiger partial charge in [0, 0.05) is 16.8 Å². The van der Waals surface area contributed by atoms with Crippen LogP contribution in [0.1, 0.15) is 28.9 Å². The smallest absolute Gasteiger partial charge is 0.255 e. The van der Waals surface area contributed by atoms with Crippen molar-refractivity contribution in [3.05, 3.63) is 72.3 Å². The van der Waals surface area contributed by atoms with Gasteiger partial charge < -0.3 is 15.2 Å². The predicted octanol–water partition coefficient (Wildman–Crippen LogP) is 3.56. The van der Waals surface area contributed by atoms with Crippen LogP contribution in [0.5, 0.6) is 5.75 Å². The van der Waals surface area contributed by atoms with Crippen molar-refractivity contribution < 1.29 is 14.6 Å². The van der Waals surface area contributed by atoms with Crippen molar-refractivity contribution in [1.29, 1.82) is 0 Å². The van der Waals surface area contributed by atoms with Gasteiger partial charge in [-0.15, -0.1) is 0 Å². The molecule has 0 aliphatic carbocycles. The number of aliphatic hydroxyl groups excluding tert-OH is 1. The minimum absolute atomic E-state index is 0.233. The molecule has 114 valence electrons. The molecular formula is C18H19NO3. The van der Waals surface area contributed by atoms with Crippen molar-refractivity contribution >= 4 is 11.6 Å². The van der Waals surface area contributed by atoms with Crippen LogP contribution < -0.4 is 10.1 Å². The van der Waals surface area contributed by atoms with E-state index in [1.807, 2.05) is 12.1 Å². The molecule has 4 nitrogen and oxygen atoms in total. The van der Waals surface area contributed by atoms with Crippen molar-refractivity contribution in [1.82, 2.24) is 0 Å². The van der Waals surface area contributed by atoms with Gasteiger partial charge >= 0.3 is 0 Å². The van der Waals surface area contributed by atoms with E-state index in [4.69, 9.17) is 4.74 Å². The molecule has 2 aromatic carbocycles. The largest absolute Gasteiger partial charge is 0.490 e. The molecule has 22 heavy (non-hydrogen) atoms. The zero-order valence-electron chi connectivity index (χ0n) is 12.5. The maximum absolute atomic E-state index is 12.3. The number of amides is 1. The summed E-state index contributed by atoms with van der Waals surface area (Å²) < 4.78 is 5.38. The molecule has 0 radical (unpaired) electrons. The second-order valence-corrected chi connectivity index (χ2v) is 4.84. The number of carbonyl (C=O) groups excluding carboxylic acids is 1. The number of anilines is 1. The van der Waals surface area contributed by atoms with Gasteiger partial charge in [0.25, 0.3) is 5.91 Å². The lowest BCUT2D eigenvalue weighted by Gasteiger charge is -2.13. The lowest BCUT2D eigenvalue weighted by molar-refractivity contribution is 0.102. The van der Waals surface area contributed by atoms with Gasteiger partial charge in [0.15, 0.2) is 0 Å². The van der Waals surface area contributed by atoms with Crippen LogP contribution in [-0.2, 0) is 0 Å². The average molecular weight is 297 g/mol. The second kappa shape index (κ2) is 7.43. The summed E-state index contributed by atoms with van der Waals surface area (Å²) in [5, 5.41) is 12.5. The third kappa shape index (κ3) is 3.96. The van der Waals surface area contributed by atoms with E-state index in [9.17, 15) is 9.90 Å². The lowest BCUT2D eigenvalue weighted by atomic mass is 10.1. The fraction of sp³-hybridized carbons (Fsp3) is 0.167. The van der Waals surface area contributed by atoms with Crippen molar-refractivity contribution in [2.24, 2.45) is 0 Å². The number of nitrogens with one attached hydrogen (secondary N) is 1. The number of benzene rings is 2. The molecule has 0 aliphatic rings. The van der Waals surface area contributed by atoms with Crippen LogP contribution in [0.4, 0.5) is 5.69 Å². The standard InChI is InChI=1S/C18H19NO3/c1-3-12-22-15-10-8-14(9-11-15)18(21)19-17-7-5-4-6-16(17)13(2)20/h3-11,13,20H,1,12H2,2H3,(H,19,21). The van der Waals surface area contributed by atoms with Gasteiger partial charge in [0.2, 0.25) is 0 Å². The number of hydrogen-bond donors (Lipinski definition) is 2. The first-order chi connectivity index (χ1) is 10.6. The highest BCUT2D eigenvalue weighted by Gasteiger charge is 2.11. The Balaban J connectivity index is 2.11. The molecule has 0 heterocycles. The van der Waals surface area contributed by atoms with E-state index >= 15 is 0 Å². The van der Waals surface area contributed by atoms with Crippen molar-refractivity contribution in [3.8, 4) is 5.75 Å². The first-order valence-electron chi connectivity index (χ1n) is 7.04. The molecule has 4 heteroatoms. The van der Waals surface area contributed by atoms with Gasteiger partial charge in [-0.2, -0.15) is 0 Å². The lowest BCUT2D eigenvalue weighted by Crippen LogP contribution is -2.13. The molecule has 0 aliphatic heterocycles. The molecule has 0 saturated heterocycles. The summed E-state index contributed by atoms with van der Waals surface area (Å²) in [6.07, 6.45) is 1.01. The van der Waals surface area contributed by atoms with Crippen molar-refractivity contribution in [3.63, 3.8) is 0 Å². The minimum Gasteiger partial charge on any atom is -0.490 e. The number of rotatable bonds is 6. The van der Waals surface area contributed by atoms with E-state index in [-0.39, 0.29) is 5.91 Å². The molecule has 0 aromatic heterocycles. The summed E-state index contributed by atoms with van der Waals surface area (Å²) in [4.78, 5) is 12.3. The summed E-state index contributed by atoms with van der Waals surface area (Å²) in [5.74, 6) is 0.448. The molecule has 0 spiro atoms. The Labute approximate surface area is 130 Å². The van der Waals surface area contributed by atoms with Crippen LogP contribution in [0.15, 0.2) is 61.2 Å². The summed E-state index contributed by atoms with van der Waals surface area (Å²) in [6.45, 7) is 5.67. The number of carbonyl (C=O) groups is 1. The van der Waals surface area contributed by atoms with Crippen molar-refractivity contribution in [2.45, 2.75) is 13.0 Å². The van der Waals surface area contributed by atoms with Crippen LogP contribution in [-0.4, -0.2) is 17.6 Å². The van der Waals surface area contributed by atoms with Gasteiger partial charge in [-0.3, -0.25) is 4.79 Å². The highest BCUT2D eigenvalue weighted by Crippen LogP contribution is 2.23. The highest BCUT2D eigenvalue weighted by atomic mass is 16.5. The first-order valence-corrected chi connectivity index (χ1v) is 7.04. The number of hydrogen-bond acceptors (Lipinski definition) is 3. The van der Waals surface area contributed by atoms with E-state index in [1.165, 1.54) is 0 Å². The van der Waals surface area contributed by atoms with Gasteiger partial charge in [-0.1, -0.05) is 30.9 Å². The van der Waals surface area contributed by atoms with Gasteiger partial charge in [-0.05, 0) is 37.3 Å². The van der Waals surface area contributed by atoms with E-state index in [1.54, 1.807) is 49.4 Å². The van der Waals surface area contributed by atoms with Gasteiger partial charge in [-0.25, -0.2) is 0 Å². The molecular weight excluding hydrogens is 278 g/mol. The molecule has 2 aromatic rings. The molecule has 2 rings (SSSR count). The highest BCUT2D eigenvalue weighted by molar-refractivity contribution is 6.04. The first kappa shape index (κ1) is 15.8. The third-order valence-corrected chi connectivity index (χ3v) is 3.14. The van der Waals surface area contributed by atoms with Crippen LogP contribution in [0.3, 0.4) is 0 Å². The topological polar surface area (TPSA) is 58.6 Å². The molecule has 0 fully saturated rings. The average Bonchev–Trinajstić information content (AvgIpc) is 2.53. The normalized spacial score (nSPS) is 11.5. The Morgan fingerprint density at radius 1 is 1.27 bits per heavy atom. The molecule has 0 bridgehead atoms. The maximum atomic E-state index is 12.3. The summed E-state index contributed by atoms with van der Waals surface area (Å²) in [5.41, 5.74) is 1.81. The van der Waals surface area contributed by atoms with Crippen LogP contribution in [0.25, 0.3) is 0 Å². The monoisotopic (exact) mass is 297 g/mol. The Kier molecular flexibility index (Phi) is 5.33.